The van der Waals surface area contributed by atoms with Gasteiger partial charge in [0.15, 0.2) is 5.82 Å². The lowest BCUT2D eigenvalue weighted by Crippen LogP contribution is -2.34. The molecular formula is C24H25FN8O. The molecule has 1 aliphatic heterocycles. The summed E-state index contributed by atoms with van der Waals surface area (Å²) in [5.41, 5.74) is 3.55. The summed E-state index contributed by atoms with van der Waals surface area (Å²) < 4.78 is 16.4. The number of pyridine rings is 2. The minimum atomic E-state index is -0.517. The maximum Gasteiger partial charge on any atom is 0.240 e. The van der Waals surface area contributed by atoms with Crippen LogP contribution in [0.2, 0.25) is 0 Å². The van der Waals surface area contributed by atoms with Gasteiger partial charge in [0.05, 0.1) is 36.3 Å². The molecule has 0 unspecified atom stereocenters. The summed E-state index contributed by atoms with van der Waals surface area (Å²) >= 11 is 0. The first-order valence-corrected chi connectivity index (χ1v) is 11.2. The van der Waals surface area contributed by atoms with Crippen LogP contribution < -0.4 is 15.5 Å². The fraction of sp³-hybridized carbons (Fsp3) is 0.292. The summed E-state index contributed by atoms with van der Waals surface area (Å²) in [6, 6.07) is 7.24. The van der Waals surface area contributed by atoms with Crippen molar-refractivity contribution in [2.45, 2.75) is 26.2 Å². The number of nitrogens with zero attached hydrogens (tertiary/aromatic N) is 6. The van der Waals surface area contributed by atoms with Gasteiger partial charge in [-0.3, -0.25) is 4.79 Å². The zero-order chi connectivity index (χ0) is 23.7. The average Bonchev–Trinajstić information content (AvgIpc) is 3.15. The molecule has 4 aromatic rings. The average molecular weight is 461 g/mol. The number of fused-ring (bicyclic) bond motifs is 1. The van der Waals surface area contributed by atoms with Crippen LogP contribution in [0.5, 0.6) is 0 Å². The van der Waals surface area contributed by atoms with E-state index in [1.807, 2.05) is 18.3 Å². The van der Waals surface area contributed by atoms with Gasteiger partial charge in [0.25, 0.3) is 0 Å². The van der Waals surface area contributed by atoms with E-state index in [0.717, 1.165) is 35.9 Å². The maximum absolute atomic E-state index is 14.7. The summed E-state index contributed by atoms with van der Waals surface area (Å²) in [6.45, 7) is 5.96. The van der Waals surface area contributed by atoms with Crippen LogP contribution in [0.4, 0.5) is 21.8 Å². The van der Waals surface area contributed by atoms with Crippen molar-refractivity contribution >= 4 is 28.9 Å². The molecular weight excluding hydrogens is 435 g/mol. The Balaban J connectivity index is 1.39. The largest absolute Gasteiger partial charge is 0.310 e. The molecule has 1 fully saturated rings. The van der Waals surface area contributed by atoms with Crippen LogP contribution in [-0.2, 0) is 4.79 Å². The number of amides is 1. The van der Waals surface area contributed by atoms with E-state index in [4.69, 9.17) is 0 Å². The number of carbonyl (C=O) groups excluding carboxylic acids is 1. The van der Waals surface area contributed by atoms with Crippen LogP contribution in [0, 0.1) is 5.82 Å². The Hall–Kier alpha value is -3.92. The molecule has 0 radical (unpaired) electrons. The molecule has 0 atom stereocenters. The van der Waals surface area contributed by atoms with Crippen molar-refractivity contribution in [3.63, 3.8) is 0 Å². The molecule has 1 saturated heterocycles. The molecule has 0 bridgehead atoms. The lowest BCUT2D eigenvalue weighted by atomic mass is 10.0. The highest BCUT2D eigenvalue weighted by molar-refractivity contribution is 5.95. The minimum absolute atomic E-state index is 0.0160. The van der Waals surface area contributed by atoms with Gasteiger partial charge in [-0.05, 0) is 43.1 Å². The Morgan fingerprint density at radius 1 is 1.15 bits per heavy atom. The monoisotopic (exact) mass is 460 g/mol. The van der Waals surface area contributed by atoms with Gasteiger partial charge in [-0.15, -0.1) is 0 Å². The second-order valence-corrected chi connectivity index (χ2v) is 8.49. The summed E-state index contributed by atoms with van der Waals surface area (Å²) in [5, 5.41) is 10.5. The molecule has 9 nitrogen and oxygen atoms in total. The van der Waals surface area contributed by atoms with Crippen molar-refractivity contribution in [2.75, 3.05) is 29.9 Å². The SMILES string of the molecule is CC(C)c1cnn2ccc(-c3nc(Nc4ccc(N5CCCNCC5=O)cn4)ncc3F)cc12. The Bertz CT molecular complexity index is 1330. The fourth-order valence-electron chi connectivity index (χ4n) is 4.01. The van der Waals surface area contributed by atoms with Crippen LogP contribution in [0.1, 0.15) is 31.7 Å². The third-order valence-corrected chi connectivity index (χ3v) is 5.80. The topological polar surface area (TPSA) is 100 Å². The van der Waals surface area contributed by atoms with Crippen molar-refractivity contribution in [1.29, 1.82) is 0 Å². The highest BCUT2D eigenvalue weighted by Gasteiger charge is 2.18. The summed E-state index contributed by atoms with van der Waals surface area (Å²) in [6.07, 6.45) is 7.29. The second-order valence-electron chi connectivity index (χ2n) is 8.49. The summed E-state index contributed by atoms with van der Waals surface area (Å²) in [5.74, 6) is 0.508. The van der Waals surface area contributed by atoms with Crippen molar-refractivity contribution < 1.29 is 9.18 Å². The van der Waals surface area contributed by atoms with E-state index in [-0.39, 0.29) is 23.5 Å². The summed E-state index contributed by atoms with van der Waals surface area (Å²) in [7, 11) is 0. The van der Waals surface area contributed by atoms with Gasteiger partial charge in [-0.1, -0.05) is 13.8 Å². The fourth-order valence-corrected chi connectivity index (χ4v) is 4.01. The molecule has 10 heteroatoms. The smallest absolute Gasteiger partial charge is 0.240 e. The van der Waals surface area contributed by atoms with E-state index in [0.29, 0.717) is 24.5 Å². The van der Waals surface area contributed by atoms with E-state index in [9.17, 15) is 9.18 Å². The number of rotatable bonds is 5. The van der Waals surface area contributed by atoms with Crippen LogP contribution >= 0.6 is 0 Å². The number of nitrogens with one attached hydrogen (secondary N) is 2. The van der Waals surface area contributed by atoms with Gasteiger partial charge in [-0.2, -0.15) is 5.10 Å². The molecule has 34 heavy (non-hydrogen) atoms. The second kappa shape index (κ2) is 9.14. The van der Waals surface area contributed by atoms with E-state index in [1.54, 1.807) is 33.9 Å². The van der Waals surface area contributed by atoms with E-state index < -0.39 is 5.82 Å². The number of carbonyl (C=O) groups is 1. The molecule has 1 amide bonds. The number of hydrogen-bond donors (Lipinski definition) is 2. The van der Waals surface area contributed by atoms with E-state index in [1.165, 1.54) is 0 Å². The summed E-state index contributed by atoms with van der Waals surface area (Å²) in [4.78, 5) is 26.9. The predicted octanol–water partition coefficient (Wildman–Crippen LogP) is 3.52. The lowest BCUT2D eigenvalue weighted by molar-refractivity contribution is -0.117. The predicted molar refractivity (Wildman–Crippen MR) is 128 cm³/mol. The van der Waals surface area contributed by atoms with Crippen LogP contribution in [0.3, 0.4) is 0 Å². The minimum Gasteiger partial charge on any atom is -0.310 e. The first-order valence-electron chi connectivity index (χ1n) is 11.2. The number of halogens is 1. The highest BCUT2D eigenvalue weighted by atomic mass is 19.1. The van der Waals surface area contributed by atoms with Gasteiger partial charge in [0.2, 0.25) is 11.9 Å². The molecule has 0 aromatic carbocycles. The Morgan fingerprint density at radius 2 is 2.03 bits per heavy atom. The van der Waals surface area contributed by atoms with Gasteiger partial charge in [0.1, 0.15) is 11.5 Å². The van der Waals surface area contributed by atoms with E-state index in [2.05, 4.69) is 44.5 Å². The maximum atomic E-state index is 14.7. The Morgan fingerprint density at radius 3 is 2.82 bits per heavy atom. The quantitative estimate of drug-likeness (QED) is 0.470. The normalized spacial score (nSPS) is 14.6. The Kier molecular flexibility index (Phi) is 5.89. The van der Waals surface area contributed by atoms with Gasteiger partial charge >= 0.3 is 0 Å². The van der Waals surface area contributed by atoms with Crippen LogP contribution in [0.15, 0.2) is 49.1 Å². The highest BCUT2D eigenvalue weighted by Crippen LogP contribution is 2.27. The zero-order valence-electron chi connectivity index (χ0n) is 19.0. The standard InChI is InChI=1S/C24H25FN8O/c1-15(2)18-12-29-33-9-6-16(10-20(18)33)23-19(25)13-28-24(31-23)30-21-5-4-17(11-27-21)32-8-3-7-26-14-22(32)34/h4-6,9-13,15,26H,3,7-8,14H2,1-2H3,(H,27,28,30,31). The molecule has 5 heterocycles. The van der Waals surface area contributed by atoms with Crippen molar-refractivity contribution in [1.82, 2.24) is 29.9 Å². The molecule has 1 aliphatic rings. The first-order chi connectivity index (χ1) is 16.5. The van der Waals surface area contributed by atoms with Crippen LogP contribution in [0.25, 0.3) is 16.8 Å². The van der Waals surface area contributed by atoms with Crippen molar-refractivity contribution in [2.24, 2.45) is 0 Å². The van der Waals surface area contributed by atoms with Crippen LogP contribution in [-0.4, -0.2) is 50.1 Å². The lowest BCUT2D eigenvalue weighted by Gasteiger charge is -2.20. The zero-order valence-corrected chi connectivity index (χ0v) is 19.0. The molecule has 0 aliphatic carbocycles. The molecule has 4 aromatic heterocycles. The third kappa shape index (κ3) is 4.32. The Labute approximate surface area is 196 Å². The number of hydrogen-bond acceptors (Lipinski definition) is 7. The molecule has 2 N–H and O–H groups in total. The molecule has 5 rings (SSSR count). The van der Waals surface area contributed by atoms with Gasteiger partial charge < -0.3 is 15.5 Å². The molecule has 0 spiro atoms. The van der Waals surface area contributed by atoms with Gasteiger partial charge in [-0.25, -0.2) is 23.9 Å². The third-order valence-electron chi connectivity index (χ3n) is 5.80. The first kappa shape index (κ1) is 21.9. The number of aromatic nitrogens is 5. The molecule has 0 saturated carbocycles. The van der Waals surface area contributed by atoms with Crippen molar-refractivity contribution in [3.8, 4) is 11.3 Å². The van der Waals surface area contributed by atoms with Gasteiger partial charge in [0, 0.05) is 23.9 Å². The van der Waals surface area contributed by atoms with Crippen molar-refractivity contribution in [3.05, 3.63) is 60.4 Å². The number of anilines is 3. The van der Waals surface area contributed by atoms with E-state index >= 15 is 0 Å². The molecule has 174 valence electrons.